The molecule has 17 heavy (non-hydrogen) atoms. The van der Waals surface area contributed by atoms with Gasteiger partial charge in [0.2, 0.25) is 0 Å². The van der Waals surface area contributed by atoms with Crippen LogP contribution < -0.4 is 11.1 Å². The van der Waals surface area contributed by atoms with E-state index in [0.717, 1.165) is 12.1 Å². The largest absolute Gasteiger partial charge is 0.395 e. The van der Waals surface area contributed by atoms with E-state index in [-0.39, 0.29) is 11.6 Å². The number of rotatable bonds is 5. The number of methoxy groups -OCH3 is 1. The predicted molar refractivity (Wildman–Crippen MR) is 65.8 cm³/mol. The Balaban J connectivity index is 2.67. The highest BCUT2D eigenvalue weighted by atomic mass is 16.5. The quantitative estimate of drug-likeness (QED) is 0.706. The first-order valence-corrected chi connectivity index (χ1v) is 5.57. The van der Waals surface area contributed by atoms with Gasteiger partial charge in [-0.15, -0.1) is 0 Å². The van der Waals surface area contributed by atoms with Crippen molar-refractivity contribution >= 4 is 11.6 Å². The van der Waals surface area contributed by atoms with E-state index in [9.17, 15) is 4.79 Å². The standard InChI is InChI=1S/C11H20N4O2/c1-5-7-8(12)9(15-14-7)10(16)13-6-11(2,3)17-4/h5-6,12H2,1-4H3,(H,13,16)(H,14,15). The van der Waals surface area contributed by atoms with E-state index in [1.807, 2.05) is 20.8 Å². The maximum Gasteiger partial charge on any atom is 0.274 e. The van der Waals surface area contributed by atoms with E-state index in [1.165, 1.54) is 0 Å². The molecule has 0 unspecified atom stereocenters. The average Bonchev–Trinajstić information content (AvgIpc) is 2.67. The predicted octanol–water partition coefficient (Wildman–Crippen LogP) is 0.709. The lowest BCUT2D eigenvalue weighted by molar-refractivity contribution is 0.0228. The lowest BCUT2D eigenvalue weighted by Crippen LogP contribution is -2.40. The molecular formula is C11H20N4O2. The molecule has 1 amide bonds. The summed E-state index contributed by atoms with van der Waals surface area (Å²) in [6, 6.07) is 0. The molecule has 0 aromatic carbocycles. The summed E-state index contributed by atoms with van der Waals surface area (Å²) in [7, 11) is 1.60. The van der Waals surface area contributed by atoms with E-state index < -0.39 is 5.60 Å². The van der Waals surface area contributed by atoms with Crippen LogP contribution in [-0.2, 0) is 11.2 Å². The van der Waals surface area contributed by atoms with Gasteiger partial charge in [-0.25, -0.2) is 0 Å². The fraction of sp³-hybridized carbons (Fsp3) is 0.636. The van der Waals surface area contributed by atoms with Gasteiger partial charge in [0.25, 0.3) is 5.91 Å². The molecule has 0 fully saturated rings. The number of hydrogen-bond donors (Lipinski definition) is 3. The number of hydrogen-bond acceptors (Lipinski definition) is 4. The summed E-state index contributed by atoms with van der Waals surface area (Å²) in [5.74, 6) is -0.288. The van der Waals surface area contributed by atoms with Crippen molar-refractivity contribution in [1.29, 1.82) is 0 Å². The molecule has 0 atom stereocenters. The van der Waals surface area contributed by atoms with Crippen molar-refractivity contribution in [3.63, 3.8) is 0 Å². The van der Waals surface area contributed by atoms with Crippen LogP contribution in [0.1, 0.15) is 37.0 Å². The summed E-state index contributed by atoms with van der Waals surface area (Å²) in [5, 5.41) is 9.40. The Bertz CT molecular complexity index is 398. The molecule has 1 rings (SSSR count). The van der Waals surface area contributed by atoms with Crippen LogP contribution in [0, 0.1) is 0 Å². The molecule has 0 aliphatic rings. The van der Waals surface area contributed by atoms with Crippen LogP contribution in [0.4, 0.5) is 5.69 Å². The number of aryl methyl sites for hydroxylation is 1. The highest BCUT2D eigenvalue weighted by Gasteiger charge is 2.21. The molecule has 6 nitrogen and oxygen atoms in total. The second-order valence-electron chi connectivity index (χ2n) is 4.46. The van der Waals surface area contributed by atoms with Crippen molar-refractivity contribution in [3.8, 4) is 0 Å². The molecule has 6 heteroatoms. The molecular weight excluding hydrogens is 220 g/mol. The van der Waals surface area contributed by atoms with Crippen LogP contribution in [0.2, 0.25) is 0 Å². The maximum atomic E-state index is 11.8. The third-order valence-corrected chi connectivity index (χ3v) is 2.68. The number of carbonyl (C=O) groups excluding carboxylic acids is 1. The minimum atomic E-state index is -0.408. The average molecular weight is 240 g/mol. The topological polar surface area (TPSA) is 93.0 Å². The number of aromatic amines is 1. The molecule has 0 bridgehead atoms. The van der Waals surface area contributed by atoms with Crippen LogP contribution in [0.15, 0.2) is 0 Å². The Morgan fingerprint density at radius 2 is 2.24 bits per heavy atom. The second-order valence-corrected chi connectivity index (χ2v) is 4.46. The zero-order valence-electron chi connectivity index (χ0n) is 10.8. The smallest absolute Gasteiger partial charge is 0.274 e. The van der Waals surface area contributed by atoms with Gasteiger partial charge >= 0.3 is 0 Å². The van der Waals surface area contributed by atoms with Crippen LogP contribution >= 0.6 is 0 Å². The van der Waals surface area contributed by atoms with Gasteiger partial charge in [-0.1, -0.05) is 6.92 Å². The molecule has 0 radical (unpaired) electrons. The van der Waals surface area contributed by atoms with Crippen molar-refractivity contribution in [2.45, 2.75) is 32.8 Å². The number of aromatic nitrogens is 2. The summed E-state index contributed by atoms with van der Waals surface area (Å²) in [6.07, 6.45) is 0.718. The molecule has 0 aliphatic carbocycles. The van der Waals surface area contributed by atoms with Gasteiger partial charge in [-0.3, -0.25) is 9.89 Å². The van der Waals surface area contributed by atoms with Gasteiger partial charge in [0.05, 0.1) is 17.0 Å². The normalized spacial score (nSPS) is 11.5. The van der Waals surface area contributed by atoms with Crippen molar-refractivity contribution in [2.75, 3.05) is 19.4 Å². The Kier molecular flexibility index (Phi) is 4.11. The van der Waals surface area contributed by atoms with Gasteiger partial charge in [0, 0.05) is 13.7 Å². The van der Waals surface area contributed by atoms with Gasteiger partial charge in [-0.05, 0) is 20.3 Å². The first-order valence-electron chi connectivity index (χ1n) is 5.57. The van der Waals surface area contributed by atoms with Gasteiger partial charge < -0.3 is 15.8 Å². The third-order valence-electron chi connectivity index (χ3n) is 2.68. The summed E-state index contributed by atoms with van der Waals surface area (Å²) in [6.45, 7) is 6.12. The summed E-state index contributed by atoms with van der Waals surface area (Å²) in [4.78, 5) is 11.8. The van der Waals surface area contributed by atoms with Gasteiger partial charge in [0.15, 0.2) is 5.69 Å². The number of anilines is 1. The van der Waals surface area contributed by atoms with Gasteiger partial charge in [-0.2, -0.15) is 5.10 Å². The van der Waals surface area contributed by atoms with Crippen molar-refractivity contribution in [2.24, 2.45) is 0 Å². The van der Waals surface area contributed by atoms with Crippen LogP contribution in [0.3, 0.4) is 0 Å². The number of nitrogen functional groups attached to an aromatic ring is 1. The molecule has 0 aliphatic heterocycles. The SMILES string of the molecule is CCc1[nH]nc(C(=O)NCC(C)(C)OC)c1N. The Labute approximate surface area is 101 Å². The Morgan fingerprint density at radius 3 is 2.71 bits per heavy atom. The molecule has 1 heterocycles. The number of carbonyl (C=O) groups is 1. The van der Waals surface area contributed by atoms with E-state index in [0.29, 0.717) is 12.2 Å². The zero-order chi connectivity index (χ0) is 13.1. The fourth-order valence-corrected chi connectivity index (χ4v) is 1.28. The lowest BCUT2D eigenvalue weighted by atomic mass is 10.1. The molecule has 0 saturated heterocycles. The maximum absolute atomic E-state index is 11.8. The Hall–Kier alpha value is -1.56. The van der Waals surface area contributed by atoms with Crippen molar-refractivity contribution in [3.05, 3.63) is 11.4 Å². The van der Waals surface area contributed by atoms with Crippen LogP contribution in [0.25, 0.3) is 0 Å². The summed E-state index contributed by atoms with van der Waals surface area (Å²) >= 11 is 0. The fourth-order valence-electron chi connectivity index (χ4n) is 1.28. The number of amides is 1. The number of nitrogens with two attached hydrogens (primary N) is 1. The van der Waals surface area contributed by atoms with Crippen LogP contribution in [-0.4, -0.2) is 35.4 Å². The molecule has 0 saturated carbocycles. The number of ether oxygens (including phenoxy) is 1. The molecule has 1 aromatic heterocycles. The minimum absolute atomic E-state index is 0.244. The monoisotopic (exact) mass is 240 g/mol. The van der Waals surface area contributed by atoms with Gasteiger partial charge in [0.1, 0.15) is 0 Å². The van der Waals surface area contributed by atoms with Crippen molar-refractivity contribution < 1.29 is 9.53 Å². The molecule has 4 N–H and O–H groups in total. The van der Waals surface area contributed by atoms with E-state index in [2.05, 4.69) is 15.5 Å². The van der Waals surface area contributed by atoms with Crippen LogP contribution in [0.5, 0.6) is 0 Å². The van der Waals surface area contributed by atoms with Crippen molar-refractivity contribution in [1.82, 2.24) is 15.5 Å². The highest BCUT2D eigenvalue weighted by molar-refractivity contribution is 5.97. The van der Waals surface area contributed by atoms with E-state index in [1.54, 1.807) is 7.11 Å². The third kappa shape index (κ3) is 3.20. The minimum Gasteiger partial charge on any atom is -0.395 e. The second kappa shape index (κ2) is 5.18. The zero-order valence-corrected chi connectivity index (χ0v) is 10.8. The summed E-state index contributed by atoms with van der Waals surface area (Å²) < 4.78 is 5.21. The molecule has 0 spiro atoms. The summed E-state index contributed by atoms with van der Waals surface area (Å²) in [5.41, 5.74) is 6.83. The lowest BCUT2D eigenvalue weighted by Gasteiger charge is -2.22. The first-order chi connectivity index (χ1) is 7.91. The molecule has 1 aromatic rings. The van der Waals surface area contributed by atoms with E-state index >= 15 is 0 Å². The Morgan fingerprint density at radius 1 is 1.59 bits per heavy atom. The number of nitrogens with one attached hydrogen (secondary N) is 2. The number of H-pyrrole nitrogens is 1. The number of nitrogens with zero attached hydrogens (tertiary/aromatic N) is 1. The highest BCUT2D eigenvalue weighted by Crippen LogP contribution is 2.14. The first kappa shape index (κ1) is 13.5. The van der Waals surface area contributed by atoms with E-state index in [4.69, 9.17) is 10.5 Å². The molecule has 96 valence electrons.